The quantitative estimate of drug-likeness (QED) is 0.717. The van der Waals surface area contributed by atoms with Crippen molar-refractivity contribution in [2.75, 3.05) is 19.6 Å². The Hall–Kier alpha value is -0.570. The average molecular weight is 267 g/mol. The van der Waals surface area contributed by atoms with Crippen LogP contribution in [0.15, 0.2) is 0 Å². The highest BCUT2D eigenvalue weighted by Gasteiger charge is 2.62. The van der Waals surface area contributed by atoms with Crippen LogP contribution >= 0.6 is 0 Å². The Balaban J connectivity index is 1.96. The van der Waals surface area contributed by atoms with Crippen LogP contribution < -0.4 is 0 Å². The van der Waals surface area contributed by atoms with Gasteiger partial charge in [-0.2, -0.15) is 0 Å². The Labute approximate surface area is 117 Å². The molecule has 0 radical (unpaired) electrons. The molecule has 0 heterocycles. The molecule has 0 aromatic carbocycles. The van der Waals surface area contributed by atoms with Gasteiger partial charge in [-0.3, -0.25) is 9.69 Å². The Morgan fingerprint density at radius 3 is 2.32 bits per heavy atom. The first-order valence-electron chi connectivity index (χ1n) is 7.77. The fourth-order valence-electron chi connectivity index (χ4n) is 4.13. The summed E-state index contributed by atoms with van der Waals surface area (Å²) in [6, 6.07) is 0. The first-order chi connectivity index (χ1) is 8.85. The topological polar surface area (TPSA) is 29.5 Å². The molecule has 2 aliphatic carbocycles. The maximum atomic E-state index is 12.1. The van der Waals surface area contributed by atoms with E-state index in [9.17, 15) is 4.79 Å². The molecule has 0 N–H and O–H groups in total. The second-order valence-corrected chi connectivity index (χ2v) is 7.05. The van der Waals surface area contributed by atoms with E-state index in [4.69, 9.17) is 4.74 Å². The minimum Gasteiger partial charge on any atom is -0.461 e. The molecule has 2 fully saturated rings. The number of carbonyl (C=O) groups excluding carboxylic acids is 1. The van der Waals surface area contributed by atoms with E-state index in [1.165, 1.54) is 12.8 Å². The standard InChI is InChI=1S/C16H29NO2/c1-6-17(7-2)11-14(18)19-13-10-12-8-9-16(13,5)15(12,3)4/h12-13H,6-11H2,1-5H3/t12-,13+,16-/m0/s1. The van der Waals surface area contributed by atoms with Crippen molar-refractivity contribution < 1.29 is 9.53 Å². The van der Waals surface area contributed by atoms with Crippen LogP contribution in [0, 0.1) is 16.7 Å². The highest BCUT2D eigenvalue weighted by atomic mass is 16.5. The van der Waals surface area contributed by atoms with Crippen molar-refractivity contribution in [3.63, 3.8) is 0 Å². The SMILES string of the molecule is CCN(CC)CC(=O)O[C@@H]1C[C@@H]2CC[C@]1(C)C2(C)C. The lowest BCUT2D eigenvalue weighted by Crippen LogP contribution is -2.40. The Bertz CT molecular complexity index is 349. The van der Waals surface area contributed by atoms with Gasteiger partial charge in [0.25, 0.3) is 0 Å². The van der Waals surface area contributed by atoms with Gasteiger partial charge in [0.1, 0.15) is 6.10 Å². The number of esters is 1. The molecule has 2 saturated carbocycles. The van der Waals surface area contributed by atoms with Gasteiger partial charge < -0.3 is 4.74 Å². The van der Waals surface area contributed by atoms with E-state index in [0.717, 1.165) is 25.4 Å². The highest BCUT2D eigenvalue weighted by Crippen LogP contribution is 2.66. The van der Waals surface area contributed by atoms with Crippen molar-refractivity contribution in [1.29, 1.82) is 0 Å². The molecule has 0 aromatic rings. The van der Waals surface area contributed by atoms with Crippen LogP contribution in [-0.2, 0) is 9.53 Å². The van der Waals surface area contributed by atoms with Gasteiger partial charge in [0.05, 0.1) is 6.54 Å². The zero-order chi connectivity index (χ0) is 14.3. The largest absolute Gasteiger partial charge is 0.461 e. The van der Waals surface area contributed by atoms with Gasteiger partial charge >= 0.3 is 5.97 Å². The predicted octanol–water partition coefficient (Wildman–Crippen LogP) is 3.09. The van der Waals surface area contributed by atoms with Gasteiger partial charge in [-0.1, -0.05) is 34.6 Å². The van der Waals surface area contributed by atoms with Crippen LogP contribution in [0.2, 0.25) is 0 Å². The first-order valence-corrected chi connectivity index (χ1v) is 7.77. The smallest absolute Gasteiger partial charge is 0.320 e. The summed E-state index contributed by atoms with van der Waals surface area (Å²) in [5.41, 5.74) is 0.490. The second-order valence-electron chi connectivity index (χ2n) is 7.05. The molecular formula is C16H29NO2. The number of fused-ring (bicyclic) bond motifs is 2. The lowest BCUT2D eigenvalue weighted by Gasteiger charge is -2.38. The van der Waals surface area contributed by atoms with Gasteiger partial charge in [-0.15, -0.1) is 0 Å². The third kappa shape index (κ3) is 2.31. The molecule has 0 aromatic heterocycles. The van der Waals surface area contributed by atoms with Gasteiger partial charge in [-0.05, 0) is 43.7 Å². The van der Waals surface area contributed by atoms with Crippen LogP contribution in [0.4, 0.5) is 0 Å². The van der Waals surface area contributed by atoms with Crippen LogP contribution in [0.25, 0.3) is 0 Å². The van der Waals surface area contributed by atoms with Crippen LogP contribution in [0.1, 0.15) is 53.9 Å². The summed E-state index contributed by atoms with van der Waals surface area (Å²) in [6.07, 6.45) is 3.69. The fourth-order valence-corrected chi connectivity index (χ4v) is 4.13. The molecule has 0 spiro atoms. The molecule has 2 rings (SSSR count). The number of hydrogen-bond acceptors (Lipinski definition) is 3. The third-order valence-electron chi connectivity index (χ3n) is 6.23. The Kier molecular flexibility index (Phi) is 3.97. The molecule has 2 bridgehead atoms. The summed E-state index contributed by atoms with van der Waals surface area (Å²) in [5, 5.41) is 0. The van der Waals surface area contributed by atoms with Crippen molar-refractivity contribution in [3.05, 3.63) is 0 Å². The second kappa shape index (κ2) is 5.08. The van der Waals surface area contributed by atoms with E-state index >= 15 is 0 Å². The molecule has 0 unspecified atom stereocenters. The third-order valence-corrected chi connectivity index (χ3v) is 6.23. The number of likely N-dealkylation sites (N-methyl/N-ethyl adjacent to an activating group) is 1. The molecule has 3 nitrogen and oxygen atoms in total. The maximum Gasteiger partial charge on any atom is 0.320 e. The number of hydrogen-bond donors (Lipinski definition) is 0. The minimum atomic E-state index is -0.0433. The Morgan fingerprint density at radius 2 is 1.89 bits per heavy atom. The number of ether oxygens (including phenoxy) is 1. The van der Waals surface area contributed by atoms with Crippen molar-refractivity contribution in [2.45, 2.75) is 60.0 Å². The van der Waals surface area contributed by atoms with Gasteiger partial charge in [0.2, 0.25) is 0 Å². The summed E-state index contributed by atoms with van der Waals surface area (Å²) < 4.78 is 5.84. The zero-order valence-electron chi connectivity index (χ0n) is 13.2. The van der Waals surface area contributed by atoms with Crippen molar-refractivity contribution in [2.24, 2.45) is 16.7 Å². The highest BCUT2D eigenvalue weighted by molar-refractivity contribution is 5.72. The molecule has 0 saturated heterocycles. The number of rotatable bonds is 5. The maximum absolute atomic E-state index is 12.1. The zero-order valence-corrected chi connectivity index (χ0v) is 13.2. The number of nitrogens with zero attached hydrogens (tertiary/aromatic N) is 1. The monoisotopic (exact) mass is 267 g/mol. The van der Waals surface area contributed by atoms with Gasteiger partial charge in [-0.25, -0.2) is 0 Å². The minimum absolute atomic E-state index is 0.0433. The molecule has 0 aliphatic heterocycles. The van der Waals surface area contributed by atoms with Gasteiger partial charge in [0, 0.05) is 5.41 Å². The van der Waals surface area contributed by atoms with Gasteiger partial charge in [0.15, 0.2) is 0 Å². The summed E-state index contributed by atoms with van der Waals surface area (Å²) >= 11 is 0. The van der Waals surface area contributed by atoms with Crippen LogP contribution in [-0.4, -0.2) is 36.6 Å². The molecule has 2 aliphatic rings. The van der Waals surface area contributed by atoms with E-state index in [1.54, 1.807) is 0 Å². The van der Waals surface area contributed by atoms with E-state index in [1.807, 2.05) is 0 Å². The first kappa shape index (κ1) is 14.8. The lowest BCUT2D eigenvalue weighted by molar-refractivity contribution is -0.158. The van der Waals surface area contributed by atoms with Crippen molar-refractivity contribution in [3.8, 4) is 0 Å². The average Bonchev–Trinajstić information content (AvgIpc) is 2.69. The molecular weight excluding hydrogens is 238 g/mol. The number of carbonyl (C=O) groups is 1. The summed E-state index contributed by atoms with van der Waals surface area (Å²) in [4.78, 5) is 14.2. The van der Waals surface area contributed by atoms with Crippen LogP contribution in [0.3, 0.4) is 0 Å². The molecule has 3 atom stereocenters. The molecule has 0 amide bonds. The summed E-state index contributed by atoms with van der Waals surface area (Å²) in [6.45, 7) is 13.4. The predicted molar refractivity (Wildman–Crippen MR) is 76.9 cm³/mol. The van der Waals surface area contributed by atoms with E-state index in [0.29, 0.717) is 12.0 Å². The molecule has 3 heteroatoms. The normalized spacial score (nSPS) is 35.9. The lowest BCUT2D eigenvalue weighted by atomic mass is 9.70. The molecule has 110 valence electrons. The van der Waals surface area contributed by atoms with Crippen molar-refractivity contribution in [1.82, 2.24) is 4.90 Å². The Morgan fingerprint density at radius 1 is 1.26 bits per heavy atom. The molecule has 19 heavy (non-hydrogen) atoms. The van der Waals surface area contributed by atoms with E-state index < -0.39 is 0 Å². The van der Waals surface area contributed by atoms with E-state index in [-0.39, 0.29) is 17.5 Å². The fraction of sp³-hybridized carbons (Fsp3) is 0.938. The van der Waals surface area contributed by atoms with E-state index in [2.05, 4.69) is 39.5 Å². The summed E-state index contributed by atoms with van der Waals surface area (Å²) in [5.74, 6) is 0.682. The van der Waals surface area contributed by atoms with Crippen LogP contribution in [0.5, 0.6) is 0 Å². The van der Waals surface area contributed by atoms with Crippen molar-refractivity contribution >= 4 is 5.97 Å². The summed E-state index contributed by atoms with van der Waals surface area (Å²) in [7, 11) is 0.